The topological polar surface area (TPSA) is 79.7 Å². The van der Waals surface area contributed by atoms with Gasteiger partial charge in [-0.3, -0.25) is 4.57 Å². The van der Waals surface area contributed by atoms with Crippen LogP contribution in [0.5, 0.6) is 5.88 Å². The van der Waals surface area contributed by atoms with E-state index in [1.54, 1.807) is 0 Å². The van der Waals surface area contributed by atoms with E-state index in [-0.39, 0.29) is 11.6 Å². The fraction of sp³-hybridized carbons (Fsp3) is 0.750. The van der Waals surface area contributed by atoms with Crippen molar-refractivity contribution in [3.63, 3.8) is 0 Å². The Hall–Kier alpha value is -1.47. The van der Waals surface area contributed by atoms with Crippen molar-refractivity contribution >= 4 is 0 Å². The van der Waals surface area contributed by atoms with Gasteiger partial charge >= 0.3 is 5.69 Å². The molecule has 1 fully saturated rings. The van der Waals surface area contributed by atoms with E-state index in [0.29, 0.717) is 6.54 Å². The molecule has 7 heteroatoms. The molecule has 0 aliphatic carbocycles. The fourth-order valence-corrected chi connectivity index (χ4v) is 2.37. The zero-order chi connectivity index (χ0) is 13.8. The van der Waals surface area contributed by atoms with Crippen LogP contribution in [-0.2, 0) is 6.54 Å². The van der Waals surface area contributed by atoms with Crippen LogP contribution in [0.4, 0.5) is 0 Å². The van der Waals surface area contributed by atoms with E-state index in [1.165, 1.54) is 10.8 Å². The summed E-state index contributed by atoms with van der Waals surface area (Å²) in [6, 6.07) is 0. The second-order valence-corrected chi connectivity index (χ2v) is 5.18. The highest BCUT2D eigenvalue weighted by Crippen LogP contribution is 2.07. The van der Waals surface area contributed by atoms with Crippen LogP contribution in [0.3, 0.4) is 0 Å². The summed E-state index contributed by atoms with van der Waals surface area (Å²) in [5, 5.41) is 9.54. The Balaban J connectivity index is 1.71. The first-order valence-corrected chi connectivity index (χ1v) is 6.75. The largest absolute Gasteiger partial charge is 0.493 e. The van der Waals surface area contributed by atoms with Crippen molar-refractivity contribution in [3.05, 3.63) is 16.7 Å². The van der Waals surface area contributed by atoms with Crippen LogP contribution in [0.25, 0.3) is 0 Å². The lowest BCUT2D eigenvalue weighted by atomic mass is 10.2. The lowest BCUT2D eigenvalue weighted by Crippen LogP contribution is -2.44. The molecule has 0 spiro atoms. The van der Waals surface area contributed by atoms with Crippen LogP contribution in [0, 0.1) is 0 Å². The zero-order valence-corrected chi connectivity index (χ0v) is 11.5. The lowest BCUT2D eigenvalue weighted by Gasteiger charge is -2.32. The second kappa shape index (κ2) is 6.12. The summed E-state index contributed by atoms with van der Waals surface area (Å²) in [6.07, 6.45) is 3.12. The summed E-state index contributed by atoms with van der Waals surface area (Å²) in [7, 11) is 2.14. The highest BCUT2D eigenvalue weighted by molar-refractivity contribution is 5.04. The number of aromatic nitrogens is 2. The van der Waals surface area contributed by atoms with Crippen LogP contribution < -0.4 is 11.5 Å². The number of piperazine rings is 1. The molecule has 0 unspecified atom stereocenters. The average Bonchev–Trinajstić information content (AvgIpc) is 2.62. The van der Waals surface area contributed by atoms with E-state index in [0.717, 1.165) is 50.2 Å². The number of rotatable bonds is 5. The first-order valence-electron chi connectivity index (χ1n) is 6.75. The zero-order valence-electron chi connectivity index (χ0n) is 11.5. The summed E-state index contributed by atoms with van der Waals surface area (Å²) in [5.74, 6) is 5.32. The van der Waals surface area contributed by atoms with E-state index in [2.05, 4.69) is 16.8 Å². The Bertz CT molecular complexity index is 459. The summed E-state index contributed by atoms with van der Waals surface area (Å²) in [4.78, 5) is 16.3. The molecular formula is C12H23N5O2. The van der Waals surface area contributed by atoms with Crippen molar-refractivity contribution in [1.29, 1.82) is 0 Å². The van der Waals surface area contributed by atoms with Crippen LogP contribution >= 0.6 is 0 Å². The molecule has 3 N–H and O–H groups in total. The van der Waals surface area contributed by atoms with Crippen molar-refractivity contribution in [2.75, 3.05) is 45.6 Å². The van der Waals surface area contributed by atoms with Crippen LogP contribution in [0.1, 0.15) is 12.8 Å². The van der Waals surface area contributed by atoms with Gasteiger partial charge in [-0.2, -0.15) is 0 Å². The molecule has 1 aliphatic rings. The molecule has 0 radical (unpaired) electrons. The third-order valence-electron chi connectivity index (χ3n) is 3.68. The smallest absolute Gasteiger partial charge is 0.349 e. The molecule has 1 aromatic rings. The van der Waals surface area contributed by atoms with Gasteiger partial charge in [0, 0.05) is 32.7 Å². The van der Waals surface area contributed by atoms with Crippen molar-refractivity contribution in [2.45, 2.75) is 19.4 Å². The number of imidazole rings is 1. The summed E-state index contributed by atoms with van der Waals surface area (Å²) in [6.45, 7) is 6.03. The predicted octanol–water partition coefficient (Wildman–Crippen LogP) is -0.903. The third kappa shape index (κ3) is 3.51. The van der Waals surface area contributed by atoms with Crippen LogP contribution in [0.15, 0.2) is 11.0 Å². The van der Waals surface area contributed by atoms with Gasteiger partial charge in [0.15, 0.2) is 0 Å². The van der Waals surface area contributed by atoms with Gasteiger partial charge in [0.2, 0.25) is 5.88 Å². The molecular weight excluding hydrogens is 246 g/mol. The van der Waals surface area contributed by atoms with Gasteiger partial charge in [0.1, 0.15) is 0 Å². The van der Waals surface area contributed by atoms with Crippen molar-refractivity contribution in [1.82, 2.24) is 19.0 Å². The Morgan fingerprint density at radius 3 is 2.42 bits per heavy atom. The summed E-state index contributed by atoms with van der Waals surface area (Å²) < 4.78 is 2.22. The molecule has 2 heterocycles. The SMILES string of the molecule is CN1CCN(CCCCn2c(O)cn(N)c2=O)CC1. The molecule has 1 saturated heterocycles. The maximum absolute atomic E-state index is 11.5. The van der Waals surface area contributed by atoms with E-state index in [9.17, 15) is 9.90 Å². The van der Waals surface area contributed by atoms with Crippen molar-refractivity contribution in [2.24, 2.45) is 0 Å². The number of likely N-dealkylation sites (N-methyl/N-ethyl adjacent to an activating group) is 1. The fourth-order valence-electron chi connectivity index (χ4n) is 2.37. The lowest BCUT2D eigenvalue weighted by molar-refractivity contribution is 0.151. The third-order valence-corrected chi connectivity index (χ3v) is 3.68. The molecule has 0 bridgehead atoms. The van der Waals surface area contributed by atoms with Crippen LogP contribution in [-0.4, -0.2) is 63.9 Å². The first kappa shape index (κ1) is 14.0. The van der Waals surface area contributed by atoms with E-state index >= 15 is 0 Å². The Labute approximate surface area is 112 Å². The standard InChI is InChI=1S/C12H23N5O2/c1-14-6-8-15(9-7-14)4-2-3-5-16-11(18)10-17(13)12(16)19/h10,18H,2-9,13H2,1H3. The quantitative estimate of drug-likeness (QED) is 0.535. The number of nitrogens with two attached hydrogens (primary N) is 1. The van der Waals surface area contributed by atoms with Gasteiger partial charge in [-0.1, -0.05) is 0 Å². The van der Waals surface area contributed by atoms with E-state index in [4.69, 9.17) is 5.84 Å². The highest BCUT2D eigenvalue weighted by Gasteiger charge is 2.13. The number of hydrogen-bond donors (Lipinski definition) is 2. The average molecular weight is 269 g/mol. The number of nitrogens with zero attached hydrogens (tertiary/aromatic N) is 4. The summed E-state index contributed by atoms with van der Waals surface area (Å²) >= 11 is 0. The van der Waals surface area contributed by atoms with E-state index < -0.39 is 0 Å². The molecule has 19 heavy (non-hydrogen) atoms. The normalized spacial score (nSPS) is 17.9. The van der Waals surface area contributed by atoms with Crippen LogP contribution in [0.2, 0.25) is 0 Å². The Morgan fingerprint density at radius 2 is 1.84 bits per heavy atom. The molecule has 0 aromatic carbocycles. The minimum atomic E-state index is -0.364. The minimum absolute atomic E-state index is 0.0629. The first-order chi connectivity index (χ1) is 9.08. The molecule has 108 valence electrons. The monoisotopic (exact) mass is 269 g/mol. The molecule has 0 amide bonds. The van der Waals surface area contributed by atoms with Crippen molar-refractivity contribution in [3.8, 4) is 5.88 Å². The van der Waals surface area contributed by atoms with Gasteiger partial charge in [-0.05, 0) is 26.4 Å². The second-order valence-electron chi connectivity index (χ2n) is 5.18. The highest BCUT2D eigenvalue weighted by atomic mass is 16.3. The van der Waals surface area contributed by atoms with E-state index in [1.807, 2.05) is 0 Å². The van der Waals surface area contributed by atoms with Gasteiger partial charge in [-0.15, -0.1) is 0 Å². The maximum Gasteiger partial charge on any atom is 0.349 e. The Kier molecular flexibility index (Phi) is 4.49. The molecule has 2 rings (SSSR count). The van der Waals surface area contributed by atoms with Gasteiger partial charge in [-0.25, -0.2) is 9.47 Å². The van der Waals surface area contributed by atoms with Gasteiger partial charge in [0.25, 0.3) is 0 Å². The molecule has 0 atom stereocenters. The van der Waals surface area contributed by atoms with Crippen molar-refractivity contribution < 1.29 is 5.11 Å². The number of nitrogen functional groups attached to an aromatic ring is 1. The van der Waals surface area contributed by atoms with Gasteiger partial charge < -0.3 is 20.7 Å². The number of aromatic hydroxyl groups is 1. The number of unbranched alkanes of at least 4 members (excludes halogenated alkanes) is 1. The summed E-state index contributed by atoms with van der Waals surface area (Å²) in [5.41, 5.74) is -0.364. The molecule has 0 saturated carbocycles. The predicted molar refractivity (Wildman–Crippen MR) is 73.7 cm³/mol. The maximum atomic E-state index is 11.5. The Morgan fingerprint density at radius 1 is 1.21 bits per heavy atom. The molecule has 1 aliphatic heterocycles. The minimum Gasteiger partial charge on any atom is -0.493 e. The number of hydrogen-bond acceptors (Lipinski definition) is 5. The molecule has 1 aromatic heterocycles. The van der Waals surface area contributed by atoms with Gasteiger partial charge in [0.05, 0.1) is 6.20 Å². The molecule has 7 nitrogen and oxygen atoms in total.